The van der Waals surface area contributed by atoms with Crippen LogP contribution in [0.15, 0.2) is 65.6 Å². The fraction of sp³-hybridized carbons (Fsp3) is 0.296. The molecule has 180 valence electrons. The van der Waals surface area contributed by atoms with Gasteiger partial charge in [-0.05, 0) is 87.2 Å². The topological polar surface area (TPSA) is 75.7 Å². The number of carbonyl (C=O) groups is 1. The zero-order valence-electron chi connectivity index (χ0n) is 20.4. The molecule has 6 nitrogen and oxygen atoms in total. The van der Waals surface area contributed by atoms with Crippen molar-refractivity contribution in [1.29, 1.82) is 0 Å². The monoisotopic (exact) mass is 480 g/mol. The average Bonchev–Trinajstić information content (AvgIpc) is 2.80. The highest BCUT2D eigenvalue weighted by Gasteiger charge is 2.28. The van der Waals surface area contributed by atoms with Gasteiger partial charge in [-0.3, -0.25) is 9.10 Å². The zero-order valence-corrected chi connectivity index (χ0v) is 21.2. The lowest BCUT2D eigenvalue weighted by Gasteiger charge is -2.26. The molecule has 0 unspecified atom stereocenters. The Morgan fingerprint density at radius 3 is 2.26 bits per heavy atom. The van der Waals surface area contributed by atoms with Gasteiger partial charge in [-0.25, -0.2) is 8.42 Å². The quantitative estimate of drug-likeness (QED) is 0.454. The Balaban J connectivity index is 1.74. The van der Waals surface area contributed by atoms with E-state index >= 15 is 0 Å². The fourth-order valence-corrected chi connectivity index (χ4v) is 4.97. The van der Waals surface area contributed by atoms with Gasteiger partial charge in [-0.15, -0.1) is 0 Å². The van der Waals surface area contributed by atoms with Crippen molar-refractivity contribution in [3.05, 3.63) is 88.5 Å². The molecule has 0 heterocycles. The van der Waals surface area contributed by atoms with E-state index in [1.165, 1.54) is 9.87 Å². The number of nitrogens with one attached hydrogen (secondary N) is 1. The predicted molar refractivity (Wildman–Crippen MR) is 136 cm³/mol. The van der Waals surface area contributed by atoms with Crippen LogP contribution < -0.4 is 14.4 Å². The summed E-state index contributed by atoms with van der Waals surface area (Å²) in [5.74, 6) is 0.330. The van der Waals surface area contributed by atoms with Gasteiger partial charge in [0.15, 0.2) is 0 Å². The largest absolute Gasteiger partial charge is 0.492 e. The first-order chi connectivity index (χ1) is 16.1. The van der Waals surface area contributed by atoms with E-state index in [0.29, 0.717) is 5.69 Å². The lowest BCUT2D eigenvalue weighted by atomic mass is 10.1. The molecule has 0 fully saturated rings. The standard InChI is InChI=1S/C27H32N2O4S/c1-19-9-13-25(14-10-19)34(31,32)29(26-8-6-7-21(3)23(26)5)18-27(30)28-15-16-33-24-12-11-20(2)22(4)17-24/h6-14,17H,15-16,18H2,1-5H3,(H,28,30). The first-order valence-electron chi connectivity index (χ1n) is 11.2. The van der Waals surface area contributed by atoms with Crippen molar-refractivity contribution in [1.82, 2.24) is 5.32 Å². The van der Waals surface area contributed by atoms with Gasteiger partial charge in [0, 0.05) is 0 Å². The molecule has 3 aromatic rings. The molecule has 0 aliphatic carbocycles. The predicted octanol–water partition coefficient (Wildman–Crippen LogP) is 4.62. The second-order valence-corrected chi connectivity index (χ2v) is 10.4. The molecule has 0 spiro atoms. The van der Waals surface area contributed by atoms with E-state index in [1.54, 1.807) is 36.4 Å². The van der Waals surface area contributed by atoms with Crippen LogP contribution in [0.5, 0.6) is 5.75 Å². The fourth-order valence-electron chi connectivity index (χ4n) is 3.49. The number of carbonyl (C=O) groups excluding carboxylic acids is 1. The number of hydrogen-bond acceptors (Lipinski definition) is 4. The van der Waals surface area contributed by atoms with Crippen LogP contribution in [0, 0.1) is 34.6 Å². The van der Waals surface area contributed by atoms with Crippen molar-refractivity contribution in [2.24, 2.45) is 0 Å². The third kappa shape index (κ3) is 5.97. The van der Waals surface area contributed by atoms with Crippen molar-refractivity contribution in [2.75, 3.05) is 24.0 Å². The Morgan fingerprint density at radius 2 is 1.59 bits per heavy atom. The summed E-state index contributed by atoms with van der Waals surface area (Å²) in [6, 6.07) is 17.9. The molecular formula is C27H32N2O4S. The van der Waals surface area contributed by atoms with Crippen molar-refractivity contribution < 1.29 is 17.9 Å². The number of anilines is 1. The first-order valence-corrected chi connectivity index (χ1v) is 12.7. The molecule has 0 bridgehead atoms. The minimum Gasteiger partial charge on any atom is -0.492 e. The Hall–Kier alpha value is -3.32. The third-order valence-electron chi connectivity index (χ3n) is 5.91. The molecule has 34 heavy (non-hydrogen) atoms. The maximum atomic E-state index is 13.5. The summed E-state index contributed by atoms with van der Waals surface area (Å²) in [6.07, 6.45) is 0. The number of aryl methyl sites for hydroxylation is 4. The van der Waals surface area contributed by atoms with Crippen LogP contribution in [-0.2, 0) is 14.8 Å². The minimum atomic E-state index is -3.95. The number of nitrogens with zero attached hydrogens (tertiary/aromatic N) is 1. The molecule has 3 rings (SSSR count). The molecule has 0 aromatic heterocycles. The summed E-state index contributed by atoms with van der Waals surface area (Å²) < 4.78 is 34.0. The van der Waals surface area contributed by atoms with E-state index in [-0.39, 0.29) is 24.6 Å². The highest BCUT2D eigenvalue weighted by molar-refractivity contribution is 7.92. The summed E-state index contributed by atoms with van der Waals surface area (Å²) in [5.41, 5.74) is 5.52. The van der Waals surface area contributed by atoms with Gasteiger partial charge >= 0.3 is 0 Å². The van der Waals surface area contributed by atoms with E-state index in [4.69, 9.17) is 4.74 Å². The lowest BCUT2D eigenvalue weighted by Crippen LogP contribution is -2.42. The lowest BCUT2D eigenvalue weighted by molar-refractivity contribution is -0.119. The molecule has 0 aliphatic heterocycles. The van der Waals surface area contributed by atoms with E-state index in [9.17, 15) is 13.2 Å². The van der Waals surface area contributed by atoms with Crippen molar-refractivity contribution in [3.63, 3.8) is 0 Å². The van der Waals surface area contributed by atoms with Gasteiger partial charge in [0.1, 0.15) is 18.9 Å². The number of rotatable bonds is 9. The van der Waals surface area contributed by atoms with Crippen molar-refractivity contribution >= 4 is 21.6 Å². The number of hydrogen-bond donors (Lipinski definition) is 1. The zero-order chi connectivity index (χ0) is 24.9. The molecule has 0 saturated carbocycles. The van der Waals surface area contributed by atoms with Crippen LogP contribution in [0.2, 0.25) is 0 Å². The summed E-state index contributed by atoms with van der Waals surface area (Å²) >= 11 is 0. The number of sulfonamides is 1. The molecule has 1 N–H and O–H groups in total. The van der Waals surface area contributed by atoms with Gasteiger partial charge in [0.05, 0.1) is 17.1 Å². The molecule has 0 saturated heterocycles. The first kappa shape index (κ1) is 25.3. The van der Waals surface area contributed by atoms with Crippen LogP contribution in [0.25, 0.3) is 0 Å². The average molecular weight is 481 g/mol. The van der Waals surface area contributed by atoms with Gasteiger partial charge < -0.3 is 10.1 Å². The Bertz CT molecular complexity index is 1270. The summed E-state index contributed by atoms with van der Waals surface area (Å²) in [5, 5.41) is 2.78. The van der Waals surface area contributed by atoms with E-state index in [1.807, 2.05) is 58.9 Å². The second-order valence-electron chi connectivity index (χ2n) is 8.49. The Morgan fingerprint density at radius 1 is 0.882 bits per heavy atom. The van der Waals surface area contributed by atoms with Crippen molar-refractivity contribution in [2.45, 2.75) is 39.5 Å². The van der Waals surface area contributed by atoms with Crippen LogP contribution in [0.3, 0.4) is 0 Å². The van der Waals surface area contributed by atoms with E-state index in [0.717, 1.165) is 28.0 Å². The van der Waals surface area contributed by atoms with Crippen LogP contribution in [0.4, 0.5) is 5.69 Å². The molecule has 0 atom stereocenters. The maximum absolute atomic E-state index is 13.5. The maximum Gasteiger partial charge on any atom is 0.264 e. The van der Waals surface area contributed by atoms with Crippen LogP contribution >= 0.6 is 0 Å². The normalized spacial score (nSPS) is 11.2. The van der Waals surface area contributed by atoms with E-state index in [2.05, 4.69) is 5.32 Å². The molecule has 7 heteroatoms. The van der Waals surface area contributed by atoms with E-state index < -0.39 is 15.9 Å². The summed E-state index contributed by atoms with van der Waals surface area (Å²) in [6.45, 7) is 9.93. The van der Waals surface area contributed by atoms with Crippen molar-refractivity contribution in [3.8, 4) is 5.75 Å². The molecule has 0 radical (unpaired) electrons. The van der Waals surface area contributed by atoms with Crippen LogP contribution in [-0.4, -0.2) is 34.0 Å². The number of amides is 1. The van der Waals surface area contributed by atoms with Gasteiger partial charge in [0.25, 0.3) is 10.0 Å². The smallest absolute Gasteiger partial charge is 0.264 e. The SMILES string of the molecule is Cc1ccc(S(=O)(=O)N(CC(=O)NCCOc2ccc(C)c(C)c2)c2cccc(C)c2C)cc1. The summed E-state index contributed by atoms with van der Waals surface area (Å²) in [4.78, 5) is 12.9. The number of benzene rings is 3. The van der Waals surface area contributed by atoms with Gasteiger partial charge in [-0.2, -0.15) is 0 Å². The molecule has 3 aromatic carbocycles. The third-order valence-corrected chi connectivity index (χ3v) is 7.69. The minimum absolute atomic E-state index is 0.143. The van der Waals surface area contributed by atoms with Crippen LogP contribution in [0.1, 0.15) is 27.8 Å². The molecule has 0 aliphatic rings. The Labute approximate surface area is 202 Å². The molecular weight excluding hydrogens is 448 g/mol. The highest BCUT2D eigenvalue weighted by atomic mass is 32.2. The summed E-state index contributed by atoms with van der Waals surface area (Å²) in [7, 11) is -3.95. The van der Waals surface area contributed by atoms with Gasteiger partial charge in [-0.1, -0.05) is 35.9 Å². The van der Waals surface area contributed by atoms with Gasteiger partial charge in [0.2, 0.25) is 5.91 Å². The highest BCUT2D eigenvalue weighted by Crippen LogP contribution is 2.28. The second kappa shape index (κ2) is 10.7. The number of ether oxygens (including phenoxy) is 1. The molecule has 1 amide bonds. The Kier molecular flexibility index (Phi) is 7.99.